The summed E-state index contributed by atoms with van der Waals surface area (Å²) >= 11 is 0. The third-order valence-electron chi connectivity index (χ3n) is 5.51. The van der Waals surface area contributed by atoms with Crippen LogP contribution in [-0.4, -0.2) is 36.8 Å². The second-order valence-electron chi connectivity index (χ2n) is 7.09. The molecule has 1 aliphatic rings. The Kier molecular flexibility index (Phi) is 3.48. The van der Waals surface area contributed by atoms with Crippen LogP contribution in [0.5, 0.6) is 0 Å². The number of fused-ring (bicyclic) bond motifs is 4. The lowest BCUT2D eigenvalue weighted by atomic mass is 9.94. The molecule has 1 aliphatic heterocycles. The molecule has 4 aromatic rings. The fourth-order valence-corrected chi connectivity index (χ4v) is 4.24. The van der Waals surface area contributed by atoms with E-state index in [4.69, 9.17) is 5.73 Å². The van der Waals surface area contributed by atoms with Gasteiger partial charge < -0.3 is 20.7 Å². The van der Waals surface area contributed by atoms with E-state index >= 15 is 0 Å². The molecule has 4 heterocycles. The van der Waals surface area contributed by atoms with Crippen LogP contribution in [0.4, 0.5) is 10.6 Å². The number of hydrogen-bond acceptors (Lipinski definition) is 5. The number of anilines is 1. The van der Waals surface area contributed by atoms with Gasteiger partial charge in [0.25, 0.3) is 0 Å². The molecule has 5 rings (SSSR count). The molecule has 0 fully saturated rings. The molecule has 0 saturated carbocycles. The quantitative estimate of drug-likeness (QED) is 0.496. The van der Waals surface area contributed by atoms with E-state index in [9.17, 15) is 9.90 Å². The summed E-state index contributed by atoms with van der Waals surface area (Å²) in [7, 11) is 0. The lowest BCUT2D eigenvalue weighted by Gasteiger charge is -2.16. The number of benzene rings is 1. The normalized spacial score (nSPS) is 18.5. The first kappa shape index (κ1) is 16.5. The van der Waals surface area contributed by atoms with E-state index in [1.165, 1.54) is 6.33 Å². The molecule has 28 heavy (non-hydrogen) atoms. The lowest BCUT2D eigenvalue weighted by molar-refractivity contribution is 0.188. The molecule has 1 unspecified atom stereocenters. The zero-order chi connectivity index (χ0) is 19.4. The van der Waals surface area contributed by atoms with Gasteiger partial charge >= 0.3 is 6.09 Å². The van der Waals surface area contributed by atoms with E-state index in [1.54, 1.807) is 0 Å². The van der Waals surface area contributed by atoms with Gasteiger partial charge in [0.2, 0.25) is 0 Å². The van der Waals surface area contributed by atoms with E-state index < -0.39 is 6.09 Å². The lowest BCUT2D eigenvalue weighted by Crippen LogP contribution is -2.36. The summed E-state index contributed by atoms with van der Waals surface area (Å²) in [5, 5.41) is 13.6. The molecule has 140 valence electrons. The number of carboxylic acid groups (broad SMARTS) is 1. The SMILES string of the molecule is CC1c2c(-c3cnc4ccccc4c3)c3c(N)ncnc3n2C[C@H]1NC(=O)O. The van der Waals surface area contributed by atoms with Crippen molar-refractivity contribution in [2.75, 3.05) is 5.73 Å². The minimum atomic E-state index is -1.03. The Balaban J connectivity index is 1.79. The molecule has 3 aromatic heterocycles. The van der Waals surface area contributed by atoms with Crippen LogP contribution in [0, 0.1) is 0 Å². The molecule has 0 spiro atoms. The largest absolute Gasteiger partial charge is 0.465 e. The molecular weight excluding hydrogens is 356 g/mol. The number of nitrogen functional groups attached to an aromatic ring is 1. The Morgan fingerprint density at radius 1 is 1.29 bits per heavy atom. The van der Waals surface area contributed by atoms with Crippen molar-refractivity contribution in [3.05, 3.63) is 48.5 Å². The number of pyridine rings is 1. The third kappa shape index (κ3) is 2.31. The van der Waals surface area contributed by atoms with Crippen LogP contribution in [0.3, 0.4) is 0 Å². The van der Waals surface area contributed by atoms with Gasteiger partial charge in [-0.15, -0.1) is 0 Å². The van der Waals surface area contributed by atoms with Gasteiger partial charge in [-0.05, 0) is 12.1 Å². The average Bonchev–Trinajstić information content (AvgIpc) is 3.17. The number of nitrogens with zero attached hydrogens (tertiary/aromatic N) is 4. The average molecular weight is 374 g/mol. The van der Waals surface area contributed by atoms with Gasteiger partial charge in [-0.1, -0.05) is 25.1 Å². The summed E-state index contributed by atoms with van der Waals surface area (Å²) in [6.45, 7) is 2.51. The van der Waals surface area contributed by atoms with Crippen LogP contribution in [0.1, 0.15) is 18.5 Å². The van der Waals surface area contributed by atoms with Crippen molar-refractivity contribution in [1.82, 2.24) is 24.8 Å². The maximum atomic E-state index is 11.2. The van der Waals surface area contributed by atoms with Crippen LogP contribution in [0.25, 0.3) is 33.1 Å². The summed E-state index contributed by atoms with van der Waals surface area (Å²) < 4.78 is 2.04. The molecule has 0 aliphatic carbocycles. The number of nitrogens with one attached hydrogen (secondary N) is 1. The third-order valence-corrected chi connectivity index (χ3v) is 5.51. The summed E-state index contributed by atoms with van der Waals surface area (Å²) in [6.07, 6.45) is 2.24. The van der Waals surface area contributed by atoms with Gasteiger partial charge in [0, 0.05) is 40.9 Å². The molecule has 1 aromatic carbocycles. The standard InChI is InChI=1S/C20H18N6O2/c1-10-14(25-20(27)28)8-26-17(10)15(16-18(21)23-9-24-19(16)26)12-6-11-4-2-3-5-13(11)22-7-12/h2-7,9-10,14,25H,8H2,1H3,(H,27,28)(H2,21,23,24)/t10?,14-/m1/s1. The van der Waals surface area contributed by atoms with Crippen molar-refractivity contribution in [3.63, 3.8) is 0 Å². The Hall–Kier alpha value is -3.68. The molecule has 8 heteroatoms. The fraction of sp³-hybridized carbons (Fsp3) is 0.200. The highest BCUT2D eigenvalue weighted by Gasteiger charge is 2.37. The summed E-state index contributed by atoms with van der Waals surface area (Å²) in [5.74, 6) is 0.358. The van der Waals surface area contributed by atoms with E-state index in [2.05, 4.69) is 26.3 Å². The van der Waals surface area contributed by atoms with Crippen LogP contribution in [0.15, 0.2) is 42.9 Å². The van der Waals surface area contributed by atoms with Gasteiger partial charge in [0.05, 0.1) is 16.9 Å². The summed E-state index contributed by atoms with van der Waals surface area (Å²) in [6, 6.07) is 9.76. The zero-order valence-electron chi connectivity index (χ0n) is 15.1. The number of nitrogens with two attached hydrogens (primary N) is 1. The molecular formula is C20H18N6O2. The maximum Gasteiger partial charge on any atom is 0.404 e. The second-order valence-corrected chi connectivity index (χ2v) is 7.09. The molecule has 1 amide bonds. The number of carbonyl (C=O) groups is 1. The van der Waals surface area contributed by atoms with Crippen molar-refractivity contribution in [3.8, 4) is 11.1 Å². The second kappa shape index (κ2) is 5.91. The number of aromatic nitrogens is 4. The van der Waals surface area contributed by atoms with Crippen molar-refractivity contribution in [2.24, 2.45) is 0 Å². The Morgan fingerprint density at radius 3 is 2.93 bits per heavy atom. The molecule has 0 radical (unpaired) electrons. The van der Waals surface area contributed by atoms with E-state index in [0.29, 0.717) is 18.0 Å². The van der Waals surface area contributed by atoms with Gasteiger partial charge in [-0.25, -0.2) is 14.8 Å². The summed E-state index contributed by atoms with van der Waals surface area (Å²) in [5.41, 5.74) is 10.7. The fourth-order valence-electron chi connectivity index (χ4n) is 4.24. The topological polar surface area (TPSA) is 119 Å². The monoisotopic (exact) mass is 374 g/mol. The number of amides is 1. The van der Waals surface area contributed by atoms with Crippen LogP contribution in [0.2, 0.25) is 0 Å². The van der Waals surface area contributed by atoms with Crippen molar-refractivity contribution in [1.29, 1.82) is 0 Å². The Labute approximate surface area is 160 Å². The summed E-state index contributed by atoms with van der Waals surface area (Å²) in [4.78, 5) is 24.4. The van der Waals surface area contributed by atoms with Crippen LogP contribution < -0.4 is 11.1 Å². The predicted molar refractivity (Wildman–Crippen MR) is 106 cm³/mol. The van der Waals surface area contributed by atoms with Crippen molar-refractivity contribution < 1.29 is 9.90 Å². The molecule has 2 atom stereocenters. The van der Waals surface area contributed by atoms with E-state index in [1.807, 2.05) is 42.0 Å². The molecule has 8 nitrogen and oxygen atoms in total. The Bertz CT molecular complexity index is 1250. The zero-order valence-corrected chi connectivity index (χ0v) is 15.1. The molecule has 4 N–H and O–H groups in total. The minimum absolute atomic E-state index is 0.0498. The molecule has 0 saturated heterocycles. The van der Waals surface area contributed by atoms with Crippen molar-refractivity contribution in [2.45, 2.75) is 25.4 Å². The van der Waals surface area contributed by atoms with Crippen LogP contribution in [-0.2, 0) is 6.54 Å². The highest BCUT2D eigenvalue weighted by Crippen LogP contribution is 2.44. The van der Waals surface area contributed by atoms with Crippen molar-refractivity contribution >= 4 is 33.8 Å². The first-order valence-corrected chi connectivity index (χ1v) is 9.01. The van der Waals surface area contributed by atoms with Crippen LogP contribution >= 0.6 is 0 Å². The number of hydrogen-bond donors (Lipinski definition) is 3. The number of para-hydroxylation sites is 1. The van der Waals surface area contributed by atoms with Gasteiger partial charge in [-0.2, -0.15) is 0 Å². The smallest absolute Gasteiger partial charge is 0.404 e. The maximum absolute atomic E-state index is 11.2. The number of rotatable bonds is 2. The molecule has 0 bridgehead atoms. The first-order valence-electron chi connectivity index (χ1n) is 9.01. The van der Waals surface area contributed by atoms with Gasteiger partial charge in [0.15, 0.2) is 0 Å². The minimum Gasteiger partial charge on any atom is -0.465 e. The predicted octanol–water partition coefficient (Wildman–Crippen LogP) is 2.98. The highest BCUT2D eigenvalue weighted by molar-refractivity contribution is 6.04. The van der Waals surface area contributed by atoms with Gasteiger partial charge in [0.1, 0.15) is 17.8 Å². The van der Waals surface area contributed by atoms with E-state index in [-0.39, 0.29) is 12.0 Å². The van der Waals surface area contributed by atoms with Gasteiger partial charge in [-0.3, -0.25) is 4.98 Å². The Morgan fingerprint density at radius 2 is 2.11 bits per heavy atom. The van der Waals surface area contributed by atoms with E-state index in [0.717, 1.165) is 33.1 Å². The first-order chi connectivity index (χ1) is 13.5. The highest BCUT2D eigenvalue weighted by atomic mass is 16.4.